The quantitative estimate of drug-likeness (QED) is 0.747. The summed E-state index contributed by atoms with van der Waals surface area (Å²) in [5, 5.41) is 11.8. The second kappa shape index (κ2) is 4.93. The Labute approximate surface area is 120 Å². The van der Waals surface area contributed by atoms with Gasteiger partial charge >= 0.3 is 0 Å². The van der Waals surface area contributed by atoms with Crippen LogP contribution in [0.1, 0.15) is 23.0 Å². The zero-order chi connectivity index (χ0) is 14.3. The van der Waals surface area contributed by atoms with Crippen molar-refractivity contribution < 1.29 is 13.9 Å². The minimum atomic E-state index is -1.00. The minimum absolute atomic E-state index is 0.371. The summed E-state index contributed by atoms with van der Waals surface area (Å²) >= 11 is 5.92. The van der Waals surface area contributed by atoms with Gasteiger partial charge in [-0.05, 0) is 54.4 Å². The van der Waals surface area contributed by atoms with Crippen molar-refractivity contribution in [3.63, 3.8) is 0 Å². The van der Waals surface area contributed by atoms with Gasteiger partial charge in [0.2, 0.25) is 0 Å². The van der Waals surface area contributed by atoms with Crippen molar-refractivity contribution in [1.29, 1.82) is 0 Å². The van der Waals surface area contributed by atoms with Crippen molar-refractivity contribution in [1.82, 2.24) is 0 Å². The molecule has 0 saturated carbocycles. The zero-order valence-corrected chi connectivity index (χ0v) is 11.5. The minimum Gasteiger partial charge on any atom is -0.458 e. The predicted molar refractivity (Wildman–Crippen MR) is 76.4 cm³/mol. The zero-order valence-electron chi connectivity index (χ0n) is 10.7. The van der Waals surface area contributed by atoms with Crippen LogP contribution >= 0.6 is 11.6 Å². The molecule has 102 valence electrons. The van der Waals surface area contributed by atoms with Crippen LogP contribution in [0, 0.1) is 12.7 Å². The van der Waals surface area contributed by atoms with E-state index in [0.717, 1.165) is 10.9 Å². The van der Waals surface area contributed by atoms with Crippen LogP contribution in [0.15, 0.2) is 46.9 Å². The van der Waals surface area contributed by atoms with Crippen LogP contribution < -0.4 is 0 Å². The van der Waals surface area contributed by atoms with Crippen molar-refractivity contribution in [3.8, 4) is 0 Å². The van der Waals surface area contributed by atoms with Crippen LogP contribution in [0.25, 0.3) is 11.0 Å². The molecule has 1 N–H and O–H groups in total. The van der Waals surface area contributed by atoms with Gasteiger partial charge in [-0.3, -0.25) is 0 Å². The van der Waals surface area contributed by atoms with Crippen molar-refractivity contribution in [2.45, 2.75) is 13.0 Å². The number of aryl methyl sites for hydroxylation is 1. The average Bonchev–Trinajstić information content (AvgIpc) is 2.83. The standard InChI is InChI=1S/C16H12ClFO2/c1-9-2-4-12(18)8-13(9)16(19)15-7-10-6-11(17)3-5-14(10)20-15/h2-8,16,19H,1H3. The lowest BCUT2D eigenvalue weighted by molar-refractivity contribution is 0.191. The fourth-order valence-corrected chi connectivity index (χ4v) is 2.41. The maximum Gasteiger partial charge on any atom is 0.138 e. The molecule has 0 spiro atoms. The Balaban J connectivity index is 2.07. The smallest absolute Gasteiger partial charge is 0.138 e. The van der Waals surface area contributed by atoms with Crippen LogP contribution in [0.5, 0.6) is 0 Å². The molecule has 0 radical (unpaired) electrons. The fraction of sp³-hybridized carbons (Fsp3) is 0.125. The molecule has 1 aromatic heterocycles. The van der Waals surface area contributed by atoms with E-state index in [1.54, 1.807) is 30.3 Å². The first-order valence-electron chi connectivity index (χ1n) is 6.18. The van der Waals surface area contributed by atoms with E-state index in [2.05, 4.69) is 0 Å². The number of fused-ring (bicyclic) bond motifs is 1. The van der Waals surface area contributed by atoms with E-state index >= 15 is 0 Å². The van der Waals surface area contributed by atoms with Crippen molar-refractivity contribution in [2.24, 2.45) is 0 Å². The van der Waals surface area contributed by atoms with Gasteiger partial charge < -0.3 is 9.52 Å². The maximum atomic E-state index is 13.3. The first-order chi connectivity index (χ1) is 9.54. The first kappa shape index (κ1) is 13.2. The number of hydrogen-bond donors (Lipinski definition) is 1. The van der Waals surface area contributed by atoms with Gasteiger partial charge in [-0.15, -0.1) is 0 Å². The van der Waals surface area contributed by atoms with Gasteiger partial charge in [0.1, 0.15) is 23.3 Å². The van der Waals surface area contributed by atoms with Gasteiger partial charge in [0, 0.05) is 10.4 Å². The highest BCUT2D eigenvalue weighted by molar-refractivity contribution is 6.31. The molecule has 1 heterocycles. The lowest BCUT2D eigenvalue weighted by Crippen LogP contribution is -2.01. The summed E-state index contributed by atoms with van der Waals surface area (Å²) in [6.07, 6.45) is -1.00. The Bertz CT molecular complexity index is 779. The number of aliphatic hydroxyl groups excluding tert-OH is 1. The number of aliphatic hydroxyl groups is 1. The van der Waals surface area contributed by atoms with Crippen LogP contribution in [0.2, 0.25) is 5.02 Å². The SMILES string of the molecule is Cc1ccc(F)cc1C(O)c1cc2cc(Cl)ccc2o1. The van der Waals surface area contributed by atoms with E-state index < -0.39 is 6.10 Å². The fourth-order valence-electron chi connectivity index (χ4n) is 2.23. The van der Waals surface area contributed by atoms with Gasteiger partial charge in [-0.2, -0.15) is 0 Å². The first-order valence-corrected chi connectivity index (χ1v) is 6.55. The summed E-state index contributed by atoms with van der Waals surface area (Å²) in [6.45, 7) is 1.82. The number of rotatable bonds is 2. The summed E-state index contributed by atoms with van der Waals surface area (Å²) in [5.74, 6) is -0.0141. The monoisotopic (exact) mass is 290 g/mol. The number of benzene rings is 2. The molecule has 1 atom stereocenters. The summed E-state index contributed by atoms with van der Waals surface area (Å²) in [6, 6.07) is 11.3. The Kier molecular flexibility index (Phi) is 3.24. The normalized spacial score (nSPS) is 12.8. The van der Waals surface area contributed by atoms with E-state index in [4.69, 9.17) is 16.0 Å². The molecule has 0 amide bonds. The van der Waals surface area contributed by atoms with Crippen molar-refractivity contribution in [3.05, 3.63) is 70.2 Å². The summed E-state index contributed by atoms with van der Waals surface area (Å²) < 4.78 is 18.9. The van der Waals surface area contributed by atoms with Gasteiger partial charge in [-0.1, -0.05) is 17.7 Å². The molecule has 0 bridgehead atoms. The van der Waals surface area contributed by atoms with Crippen LogP contribution in [0.4, 0.5) is 4.39 Å². The Morgan fingerprint density at radius 2 is 1.95 bits per heavy atom. The third-order valence-electron chi connectivity index (χ3n) is 3.30. The highest BCUT2D eigenvalue weighted by atomic mass is 35.5. The van der Waals surface area contributed by atoms with Gasteiger partial charge in [0.05, 0.1) is 0 Å². The molecule has 4 heteroatoms. The number of hydrogen-bond acceptors (Lipinski definition) is 2. The second-order valence-corrected chi connectivity index (χ2v) is 5.17. The summed E-state index contributed by atoms with van der Waals surface area (Å²) in [7, 11) is 0. The van der Waals surface area contributed by atoms with Gasteiger partial charge in [0.15, 0.2) is 0 Å². The summed E-state index contributed by atoms with van der Waals surface area (Å²) in [5.41, 5.74) is 1.94. The van der Waals surface area contributed by atoms with Crippen LogP contribution in [-0.4, -0.2) is 5.11 Å². The third kappa shape index (κ3) is 2.30. The van der Waals surface area contributed by atoms with Crippen LogP contribution in [-0.2, 0) is 0 Å². The second-order valence-electron chi connectivity index (χ2n) is 4.73. The van der Waals surface area contributed by atoms with E-state index in [0.29, 0.717) is 21.9 Å². The highest BCUT2D eigenvalue weighted by Gasteiger charge is 2.18. The Morgan fingerprint density at radius 1 is 1.15 bits per heavy atom. The van der Waals surface area contributed by atoms with Crippen LogP contribution in [0.3, 0.4) is 0 Å². The van der Waals surface area contributed by atoms with Crippen molar-refractivity contribution in [2.75, 3.05) is 0 Å². The molecule has 0 aliphatic heterocycles. The highest BCUT2D eigenvalue weighted by Crippen LogP contribution is 2.31. The van der Waals surface area contributed by atoms with E-state index in [1.165, 1.54) is 12.1 Å². The molecular formula is C16H12ClFO2. The molecule has 2 aromatic carbocycles. The molecule has 0 aliphatic rings. The predicted octanol–water partition coefficient (Wildman–Crippen LogP) is 4.62. The topological polar surface area (TPSA) is 33.4 Å². The van der Waals surface area contributed by atoms with Gasteiger partial charge in [0.25, 0.3) is 0 Å². The lowest BCUT2D eigenvalue weighted by atomic mass is 10.0. The lowest BCUT2D eigenvalue weighted by Gasteiger charge is -2.11. The Hall–Kier alpha value is -1.84. The summed E-state index contributed by atoms with van der Waals surface area (Å²) in [4.78, 5) is 0. The number of halogens is 2. The molecule has 0 saturated heterocycles. The molecule has 0 aliphatic carbocycles. The van der Waals surface area contributed by atoms with E-state index in [9.17, 15) is 9.50 Å². The number of furan rings is 1. The molecule has 3 rings (SSSR count). The maximum absolute atomic E-state index is 13.3. The average molecular weight is 291 g/mol. The van der Waals surface area contributed by atoms with E-state index in [1.807, 2.05) is 6.92 Å². The van der Waals surface area contributed by atoms with Gasteiger partial charge in [-0.25, -0.2) is 4.39 Å². The van der Waals surface area contributed by atoms with E-state index in [-0.39, 0.29) is 5.82 Å². The molecule has 1 unspecified atom stereocenters. The largest absolute Gasteiger partial charge is 0.458 e. The molecule has 20 heavy (non-hydrogen) atoms. The molecular weight excluding hydrogens is 279 g/mol. The molecule has 3 aromatic rings. The van der Waals surface area contributed by atoms with Crippen molar-refractivity contribution >= 4 is 22.6 Å². The Morgan fingerprint density at radius 3 is 2.75 bits per heavy atom. The molecule has 0 fully saturated rings. The third-order valence-corrected chi connectivity index (χ3v) is 3.54. The molecule has 2 nitrogen and oxygen atoms in total.